The summed E-state index contributed by atoms with van der Waals surface area (Å²) in [4.78, 5) is 14.8. The van der Waals surface area contributed by atoms with Crippen molar-refractivity contribution in [2.45, 2.75) is 6.92 Å². The standard InChI is InChI=1S/C19H14N4O3/c1-11-17(12-5-3-2-4-6-12)18(14(10-20)19(21)22-11)13-7-8-16(24)15(9-13)23(25)26/h2-9,24H,1H3,(H2,21,22). The first-order valence-electron chi connectivity index (χ1n) is 7.67. The molecule has 1 aromatic heterocycles. The van der Waals surface area contributed by atoms with Crippen LogP contribution in [0.1, 0.15) is 11.3 Å². The molecule has 7 nitrogen and oxygen atoms in total. The van der Waals surface area contributed by atoms with Gasteiger partial charge in [0.1, 0.15) is 17.5 Å². The molecule has 0 unspecified atom stereocenters. The third-order valence-electron chi connectivity index (χ3n) is 4.04. The van der Waals surface area contributed by atoms with Crippen LogP contribution < -0.4 is 5.73 Å². The lowest BCUT2D eigenvalue weighted by Gasteiger charge is -2.16. The zero-order valence-electron chi connectivity index (χ0n) is 13.8. The minimum absolute atomic E-state index is 0.0513. The lowest BCUT2D eigenvalue weighted by Crippen LogP contribution is -2.03. The second kappa shape index (κ2) is 6.53. The molecule has 1 heterocycles. The molecule has 0 saturated heterocycles. The Labute approximate surface area is 149 Å². The fourth-order valence-corrected chi connectivity index (χ4v) is 2.91. The van der Waals surface area contributed by atoms with Gasteiger partial charge in [-0.1, -0.05) is 36.4 Å². The van der Waals surface area contributed by atoms with Gasteiger partial charge in [-0.2, -0.15) is 5.26 Å². The predicted octanol–water partition coefficient (Wildman–Crippen LogP) is 3.79. The molecule has 2 aromatic carbocycles. The number of aryl methyl sites for hydroxylation is 1. The Morgan fingerprint density at radius 3 is 2.46 bits per heavy atom. The number of phenolic OH excluding ortho intramolecular Hbond substituents is 1. The summed E-state index contributed by atoms with van der Waals surface area (Å²) in [5, 5.41) is 30.5. The maximum atomic E-state index is 11.2. The molecule has 3 N–H and O–H groups in total. The average molecular weight is 346 g/mol. The molecule has 0 amide bonds. The summed E-state index contributed by atoms with van der Waals surface area (Å²) in [5.41, 5.74) is 8.54. The number of nitrogens with zero attached hydrogens (tertiary/aromatic N) is 3. The highest BCUT2D eigenvalue weighted by Crippen LogP contribution is 2.41. The number of anilines is 1. The first kappa shape index (κ1) is 16.9. The van der Waals surface area contributed by atoms with E-state index in [1.165, 1.54) is 18.2 Å². The van der Waals surface area contributed by atoms with Crippen molar-refractivity contribution < 1.29 is 10.0 Å². The summed E-state index contributed by atoms with van der Waals surface area (Å²) in [6.45, 7) is 1.76. The van der Waals surface area contributed by atoms with Gasteiger partial charge in [-0.05, 0) is 24.1 Å². The van der Waals surface area contributed by atoms with Crippen molar-refractivity contribution >= 4 is 11.5 Å². The Bertz CT molecular complexity index is 1060. The van der Waals surface area contributed by atoms with Gasteiger partial charge in [-0.3, -0.25) is 10.1 Å². The number of nitrogen functional groups attached to an aromatic ring is 1. The van der Waals surface area contributed by atoms with E-state index in [0.717, 1.165) is 5.56 Å². The van der Waals surface area contributed by atoms with Crippen molar-refractivity contribution in [1.29, 1.82) is 5.26 Å². The number of aromatic nitrogens is 1. The second-order valence-corrected chi connectivity index (χ2v) is 5.65. The van der Waals surface area contributed by atoms with E-state index in [4.69, 9.17) is 5.73 Å². The molecule has 0 fully saturated rings. The lowest BCUT2D eigenvalue weighted by molar-refractivity contribution is -0.385. The van der Waals surface area contributed by atoms with Gasteiger partial charge in [-0.15, -0.1) is 0 Å². The van der Waals surface area contributed by atoms with E-state index in [9.17, 15) is 20.5 Å². The quantitative estimate of drug-likeness (QED) is 0.549. The molecule has 0 aliphatic carbocycles. The highest BCUT2D eigenvalue weighted by molar-refractivity contribution is 5.91. The number of benzene rings is 2. The van der Waals surface area contributed by atoms with Crippen LogP contribution in [0.2, 0.25) is 0 Å². The molecule has 0 aliphatic heterocycles. The van der Waals surface area contributed by atoms with Crippen LogP contribution in [-0.4, -0.2) is 15.0 Å². The van der Waals surface area contributed by atoms with Gasteiger partial charge in [0.15, 0.2) is 5.75 Å². The second-order valence-electron chi connectivity index (χ2n) is 5.65. The molecular formula is C19H14N4O3. The number of phenols is 1. The van der Waals surface area contributed by atoms with Crippen molar-refractivity contribution in [3.8, 4) is 34.1 Å². The van der Waals surface area contributed by atoms with Crippen LogP contribution in [0.4, 0.5) is 11.5 Å². The summed E-state index contributed by atoms with van der Waals surface area (Å²) in [7, 11) is 0. The SMILES string of the molecule is Cc1nc(N)c(C#N)c(-c2ccc(O)c([N+](=O)[O-])c2)c1-c1ccccc1. The van der Waals surface area contributed by atoms with E-state index in [1.54, 1.807) is 6.92 Å². The van der Waals surface area contributed by atoms with Crippen LogP contribution in [0.15, 0.2) is 48.5 Å². The zero-order chi connectivity index (χ0) is 18.8. The number of nitriles is 1. The number of hydrogen-bond donors (Lipinski definition) is 2. The smallest absolute Gasteiger partial charge is 0.311 e. The summed E-state index contributed by atoms with van der Waals surface area (Å²) < 4.78 is 0. The van der Waals surface area contributed by atoms with E-state index in [-0.39, 0.29) is 11.4 Å². The Morgan fingerprint density at radius 2 is 1.85 bits per heavy atom. The predicted molar refractivity (Wildman–Crippen MR) is 97.3 cm³/mol. The van der Waals surface area contributed by atoms with Gasteiger partial charge in [0.05, 0.1) is 4.92 Å². The minimum Gasteiger partial charge on any atom is -0.502 e. The summed E-state index contributed by atoms with van der Waals surface area (Å²) in [5.74, 6) is -0.396. The molecule has 128 valence electrons. The Balaban J connectivity index is 2.42. The number of nitrogens with two attached hydrogens (primary N) is 1. The van der Waals surface area contributed by atoms with E-state index in [2.05, 4.69) is 4.98 Å². The van der Waals surface area contributed by atoms with E-state index in [0.29, 0.717) is 22.4 Å². The van der Waals surface area contributed by atoms with Crippen molar-refractivity contribution in [2.24, 2.45) is 0 Å². The third kappa shape index (κ3) is 2.80. The molecule has 0 radical (unpaired) electrons. The van der Waals surface area contributed by atoms with Crippen molar-refractivity contribution in [3.05, 3.63) is 69.9 Å². The van der Waals surface area contributed by atoms with Crippen LogP contribution in [0, 0.1) is 28.4 Å². The number of aromatic hydroxyl groups is 1. The van der Waals surface area contributed by atoms with Crippen LogP contribution in [-0.2, 0) is 0 Å². The topological polar surface area (TPSA) is 126 Å². The van der Waals surface area contributed by atoms with Crippen molar-refractivity contribution in [2.75, 3.05) is 5.73 Å². The molecule has 26 heavy (non-hydrogen) atoms. The van der Waals surface area contributed by atoms with Crippen LogP contribution in [0.25, 0.3) is 22.3 Å². The number of nitro benzene ring substituents is 1. The largest absolute Gasteiger partial charge is 0.502 e. The van der Waals surface area contributed by atoms with Crippen LogP contribution >= 0.6 is 0 Å². The molecule has 7 heteroatoms. The molecule has 0 spiro atoms. The Morgan fingerprint density at radius 1 is 1.15 bits per heavy atom. The van der Waals surface area contributed by atoms with E-state index < -0.39 is 16.4 Å². The highest BCUT2D eigenvalue weighted by Gasteiger charge is 2.22. The fourth-order valence-electron chi connectivity index (χ4n) is 2.91. The van der Waals surface area contributed by atoms with Gasteiger partial charge in [0.25, 0.3) is 0 Å². The molecule has 3 rings (SSSR count). The summed E-state index contributed by atoms with van der Waals surface area (Å²) in [6.07, 6.45) is 0. The highest BCUT2D eigenvalue weighted by atomic mass is 16.6. The minimum atomic E-state index is -0.676. The van der Waals surface area contributed by atoms with E-state index in [1.807, 2.05) is 36.4 Å². The van der Waals surface area contributed by atoms with Gasteiger partial charge >= 0.3 is 5.69 Å². The van der Waals surface area contributed by atoms with Gasteiger partial charge in [0, 0.05) is 22.9 Å². The molecule has 3 aromatic rings. The number of nitro groups is 1. The Kier molecular flexibility index (Phi) is 4.25. The zero-order valence-corrected chi connectivity index (χ0v) is 13.8. The van der Waals surface area contributed by atoms with Crippen molar-refractivity contribution in [3.63, 3.8) is 0 Å². The molecule has 0 atom stereocenters. The van der Waals surface area contributed by atoms with Gasteiger partial charge in [0.2, 0.25) is 0 Å². The summed E-state index contributed by atoms with van der Waals surface area (Å²) >= 11 is 0. The fraction of sp³-hybridized carbons (Fsp3) is 0.0526. The number of pyridine rings is 1. The van der Waals surface area contributed by atoms with Crippen LogP contribution in [0.5, 0.6) is 5.75 Å². The number of rotatable bonds is 3. The van der Waals surface area contributed by atoms with Gasteiger partial charge < -0.3 is 10.8 Å². The monoisotopic (exact) mass is 346 g/mol. The maximum Gasteiger partial charge on any atom is 0.311 e. The first-order valence-corrected chi connectivity index (χ1v) is 7.67. The summed E-state index contributed by atoms with van der Waals surface area (Å²) in [6, 6.07) is 15.3. The molecule has 0 bridgehead atoms. The van der Waals surface area contributed by atoms with Crippen molar-refractivity contribution in [1.82, 2.24) is 4.98 Å². The van der Waals surface area contributed by atoms with E-state index >= 15 is 0 Å². The Hall–Kier alpha value is -3.92. The first-order chi connectivity index (χ1) is 12.4. The van der Waals surface area contributed by atoms with Crippen LogP contribution in [0.3, 0.4) is 0 Å². The normalized spacial score (nSPS) is 10.3. The average Bonchev–Trinajstić information content (AvgIpc) is 2.62. The molecule has 0 aliphatic rings. The molecule has 0 saturated carbocycles. The maximum absolute atomic E-state index is 11.2. The molecular weight excluding hydrogens is 332 g/mol. The third-order valence-corrected chi connectivity index (χ3v) is 4.04. The lowest BCUT2D eigenvalue weighted by atomic mass is 9.90. The van der Waals surface area contributed by atoms with Gasteiger partial charge in [-0.25, -0.2) is 4.98 Å². The number of hydrogen-bond acceptors (Lipinski definition) is 6.